The van der Waals surface area contributed by atoms with Crippen LogP contribution in [0.1, 0.15) is 67.2 Å². The van der Waals surface area contributed by atoms with Crippen LogP contribution in [0.5, 0.6) is 0 Å². The minimum Gasteiger partial charge on any atom is -0.298 e. The van der Waals surface area contributed by atoms with E-state index >= 15 is 0 Å². The van der Waals surface area contributed by atoms with Crippen molar-refractivity contribution in [3.63, 3.8) is 0 Å². The Morgan fingerprint density at radius 2 is 1.88 bits per heavy atom. The number of hydroxylamine groups is 2. The predicted octanol–water partition coefficient (Wildman–Crippen LogP) is 4.25. The first kappa shape index (κ1) is 15.0. The third-order valence-electron chi connectivity index (χ3n) is 4.37. The Hall–Kier alpha value is -0.0800. The molecule has 1 aliphatic rings. The van der Waals surface area contributed by atoms with Gasteiger partial charge in [0.2, 0.25) is 0 Å². The Morgan fingerprint density at radius 3 is 2.35 bits per heavy atom. The highest BCUT2D eigenvalue weighted by atomic mass is 16.7. The van der Waals surface area contributed by atoms with Gasteiger partial charge in [0.15, 0.2) is 0 Å². The van der Waals surface area contributed by atoms with E-state index in [1.54, 1.807) is 0 Å². The first-order chi connectivity index (χ1) is 7.79. The minimum atomic E-state index is 0.155. The van der Waals surface area contributed by atoms with Gasteiger partial charge in [-0.1, -0.05) is 40.5 Å². The van der Waals surface area contributed by atoms with Gasteiger partial charge < -0.3 is 0 Å². The van der Waals surface area contributed by atoms with Crippen molar-refractivity contribution >= 4 is 0 Å². The van der Waals surface area contributed by atoms with Crippen molar-refractivity contribution < 1.29 is 4.84 Å². The van der Waals surface area contributed by atoms with Gasteiger partial charge in [0, 0.05) is 12.1 Å². The second-order valence-corrected chi connectivity index (χ2v) is 6.96. The van der Waals surface area contributed by atoms with Crippen molar-refractivity contribution in [2.45, 2.75) is 72.8 Å². The molecule has 1 fully saturated rings. The smallest absolute Gasteiger partial charge is 0.0698 e. The molecule has 0 aliphatic carbocycles. The zero-order valence-electron chi connectivity index (χ0n) is 12.7. The molecule has 1 rings (SSSR count). The molecule has 0 bridgehead atoms. The van der Waals surface area contributed by atoms with Crippen molar-refractivity contribution in [1.29, 1.82) is 0 Å². The third kappa shape index (κ3) is 3.96. The molecule has 1 atom stereocenters. The summed E-state index contributed by atoms with van der Waals surface area (Å²) < 4.78 is 0. The van der Waals surface area contributed by atoms with Gasteiger partial charge in [-0.05, 0) is 38.0 Å². The highest BCUT2D eigenvalue weighted by Gasteiger charge is 2.38. The molecule has 1 aliphatic heterocycles. The number of rotatable bonds is 6. The molecule has 0 amide bonds. The molecule has 1 unspecified atom stereocenters. The fourth-order valence-electron chi connectivity index (χ4n) is 3.13. The average Bonchev–Trinajstić information content (AvgIpc) is 2.69. The predicted molar refractivity (Wildman–Crippen MR) is 73.8 cm³/mol. The molecule has 0 aromatic rings. The third-order valence-corrected chi connectivity index (χ3v) is 4.37. The zero-order valence-corrected chi connectivity index (χ0v) is 12.7. The Kier molecular flexibility index (Phi) is 5.03. The van der Waals surface area contributed by atoms with Crippen LogP contribution in [0.3, 0.4) is 0 Å². The summed E-state index contributed by atoms with van der Waals surface area (Å²) in [6.07, 6.45) is 4.98. The molecule has 0 N–H and O–H groups in total. The molecular weight excluding hydrogens is 210 g/mol. The molecule has 0 aromatic carbocycles. The van der Waals surface area contributed by atoms with Crippen LogP contribution in [0, 0.1) is 11.3 Å². The van der Waals surface area contributed by atoms with Gasteiger partial charge in [-0.3, -0.25) is 4.84 Å². The summed E-state index contributed by atoms with van der Waals surface area (Å²) in [4.78, 5) is 5.74. The summed E-state index contributed by atoms with van der Waals surface area (Å²) in [6.45, 7) is 16.1. The summed E-state index contributed by atoms with van der Waals surface area (Å²) in [6, 6.07) is 0. The molecule has 102 valence electrons. The van der Waals surface area contributed by atoms with E-state index in [0.717, 1.165) is 19.1 Å². The summed E-state index contributed by atoms with van der Waals surface area (Å²) in [5, 5.41) is 2.20. The molecule has 2 heteroatoms. The maximum Gasteiger partial charge on any atom is 0.0698 e. The lowest BCUT2D eigenvalue weighted by Crippen LogP contribution is -2.45. The number of hydrogen-bond acceptors (Lipinski definition) is 2. The van der Waals surface area contributed by atoms with Crippen molar-refractivity contribution in [2.75, 3.05) is 13.2 Å². The highest BCUT2D eigenvalue weighted by Crippen LogP contribution is 2.40. The monoisotopic (exact) mass is 241 g/mol. The summed E-state index contributed by atoms with van der Waals surface area (Å²) in [7, 11) is 0. The molecule has 0 radical (unpaired) electrons. The second-order valence-electron chi connectivity index (χ2n) is 6.96. The van der Waals surface area contributed by atoms with Crippen LogP contribution >= 0.6 is 0 Å². The number of nitrogens with zero attached hydrogens (tertiary/aromatic N) is 1. The van der Waals surface area contributed by atoms with E-state index < -0.39 is 0 Å². The van der Waals surface area contributed by atoms with Crippen LogP contribution < -0.4 is 0 Å². The summed E-state index contributed by atoms with van der Waals surface area (Å²) in [5.74, 6) is 0.773. The molecule has 0 saturated carbocycles. The fourth-order valence-corrected chi connectivity index (χ4v) is 3.13. The van der Waals surface area contributed by atoms with E-state index in [1.807, 2.05) is 0 Å². The van der Waals surface area contributed by atoms with Crippen LogP contribution in [-0.4, -0.2) is 23.8 Å². The Balaban J connectivity index is 2.60. The number of hydrogen-bond donors (Lipinski definition) is 0. The van der Waals surface area contributed by atoms with E-state index in [1.165, 1.54) is 25.7 Å². The Morgan fingerprint density at radius 1 is 1.24 bits per heavy atom. The van der Waals surface area contributed by atoms with Crippen LogP contribution in [0.2, 0.25) is 0 Å². The SMILES string of the molecule is CCCC(C)C(C)(C)CC(C)(C)N1CCCO1. The Bertz CT molecular complexity index is 229. The average molecular weight is 241 g/mol. The maximum absolute atomic E-state index is 5.74. The minimum absolute atomic E-state index is 0.155. The van der Waals surface area contributed by atoms with Crippen LogP contribution in [0.4, 0.5) is 0 Å². The van der Waals surface area contributed by atoms with Gasteiger partial charge in [0.1, 0.15) is 0 Å². The van der Waals surface area contributed by atoms with E-state index in [-0.39, 0.29) is 5.54 Å². The van der Waals surface area contributed by atoms with Crippen LogP contribution in [0.15, 0.2) is 0 Å². The topological polar surface area (TPSA) is 12.5 Å². The normalized spacial score (nSPS) is 20.8. The van der Waals surface area contributed by atoms with E-state index in [4.69, 9.17) is 4.84 Å². The van der Waals surface area contributed by atoms with Crippen molar-refractivity contribution in [3.8, 4) is 0 Å². The van der Waals surface area contributed by atoms with Gasteiger partial charge in [-0.15, -0.1) is 0 Å². The first-order valence-corrected chi connectivity index (χ1v) is 7.20. The molecule has 2 nitrogen and oxygen atoms in total. The molecule has 1 heterocycles. The maximum atomic E-state index is 5.74. The molecule has 0 aromatic heterocycles. The fraction of sp³-hybridized carbons (Fsp3) is 1.00. The van der Waals surface area contributed by atoms with E-state index in [0.29, 0.717) is 5.41 Å². The molecule has 1 saturated heterocycles. The van der Waals surface area contributed by atoms with Gasteiger partial charge >= 0.3 is 0 Å². The first-order valence-electron chi connectivity index (χ1n) is 7.20. The van der Waals surface area contributed by atoms with Crippen molar-refractivity contribution in [1.82, 2.24) is 5.06 Å². The largest absolute Gasteiger partial charge is 0.298 e. The van der Waals surface area contributed by atoms with E-state index in [9.17, 15) is 0 Å². The molecular formula is C15H31NO. The molecule has 0 spiro atoms. The quantitative estimate of drug-likeness (QED) is 0.689. The van der Waals surface area contributed by atoms with Gasteiger partial charge in [-0.25, -0.2) is 0 Å². The van der Waals surface area contributed by atoms with Crippen molar-refractivity contribution in [3.05, 3.63) is 0 Å². The highest BCUT2D eigenvalue weighted by molar-refractivity contribution is 4.88. The van der Waals surface area contributed by atoms with Crippen molar-refractivity contribution in [2.24, 2.45) is 11.3 Å². The van der Waals surface area contributed by atoms with Gasteiger partial charge in [0.25, 0.3) is 0 Å². The van der Waals surface area contributed by atoms with Gasteiger partial charge in [0.05, 0.1) is 6.61 Å². The zero-order chi connectivity index (χ0) is 13.1. The lowest BCUT2D eigenvalue weighted by Gasteiger charge is -2.42. The summed E-state index contributed by atoms with van der Waals surface area (Å²) in [5.41, 5.74) is 0.535. The standard InChI is InChI=1S/C15H31NO/c1-7-9-13(2)14(3,4)12-15(5,6)16-10-8-11-17-16/h13H,7-12H2,1-6H3. The van der Waals surface area contributed by atoms with Gasteiger partial charge in [-0.2, -0.15) is 5.06 Å². The lowest BCUT2D eigenvalue weighted by molar-refractivity contribution is -0.183. The Labute approximate surface area is 108 Å². The van der Waals surface area contributed by atoms with E-state index in [2.05, 4.69) is 46.6 Å². The molecule has 17 heavy (non-hydrogen) atoms. The van der Waals surface area contributed by atoms with Crippen LogP contribution in [0.25, 0.3) is 0 Å². The van der Waals surface area contributed by atoms with Crippen LogP contribution in [-0.2, 0) is 4.84 Å². The summed E-state index contributed by atoms with van der Waals surface area (Å²) >= 11 is 0. The lowest BCUT2D eigenvalue weighted by atomic mass is 9.70. The second kappa shape index (κ2) is 5.71.